The van der Waals surface area contributed by atoms with Gasteiger partial charge >= 0.3 is 0 Å². The molecule has 4 aromatic carbocycles. The first-order valence-corrected chi connectivity index (χ1v) is 11.1. The minimum Gasteiger partial charge on any atom is -0.192 e. The molecule has 0 N–H and O–H groups in total. The Balaban J connectivity index is 1.95. The highest BCUT2D eigenvalue weighted by Gasteiger charge is 2.36. The third-order valence-electron chi connectivity index (χ3n) is 5.97. The molecule has 2 heteroatoms. The van der Waals surface area contributed by atoms with Crippen LogP contribution in [0.15, 0.2) is 144 Å². The molecule has 0 saturated carbocycles. The fourth-order valence-electron chi connectivity index (χ4n) is 4.49. The van der Waals surface area contributed by atoms with Crippen molar-refractivity contribution in [2.45, 2.75) is 0 Å². The normalized spacial score (nSPS) is 12.4. The molecule has 1 aliphatic carbocycles. The molecule has 34 heavy (non-hydrogen) atoms. The number of hydrogen-bond donors (Lipinski definition) is 0. The molecule has 1 aliphatic rings. The van der Waals surface area contributed by atoms with E-state index in [2.05, 4.69) is 60.7 Å². The van der Waals surface area contributed by atoms with Gasteiger partial charge in [-0.2, -0.15) is 10.5 Å². The van der Waals surface area contributed by atoms with Crippen LogP contribution in [0.1, 0.15) is 22.3 Å². The fraction of sp³-hybridized carbons (Fsp3) is 0. The Bertz CT molecular complexity index is 1310. The minimum absolute atomic E-state index is 0.435. The van der Waals surface area contributed by atoms with Crippen LogP contribution in [0, 0.1) is 22.7 Å². The van der Waals surface area contributed by atoms with Gasteiger partial charge in [0.2, 0.25) is 0 Å². The van der Waals surface area contributed by atoms with E-state index in [1.54, 1.807) is 0 Å². The van der Waals surface area contributed by atoms with Gasteiger partial charge in [-0.25, -0.2) is 0 Å². The van der Waals surface area contributed by atoms with E-state index in [1.165, 1.54) is 0 Å². The molecule has 2 nitrogen and oxygen atoms in total. The molecule has 0 aliphatic heterocycles. The van der Waals surface area contributed by atoms with Crippen molar-refractivity contribution in [3.63, 3.8) is 0 Å². The van der Waals surface area contributed by atoms with Crippen LogP contribution in [0.2, 0.25) is 0 Å². The van der Waals surface area contributed by atoms with Gasteiger partial charge in [-0.15, -0.1) is 0 Å². The Morgan fingerprint density at radius 3 is 0.824 bits per heavy atom. The summed E-state index contributed by atoms with van der Waals surface area (Å²) in [4.78, 5) is 0. The molecule has 0 aromatic heterocycles. The van der Waals surface area contributed by atoms with Gasteiger partial charge in [-0.1, -0.05) is 121 Å². The average Bonchev–Trinajstić information content (AvgIpc) is 2.91. The first kappa shape index (κ1) is 21.0. The molecule has 0 atom stereocenters. The SMILES string of the molecule is N#CC1=C(C#N)C(=C(c2ccccc2)c2ccccc2)C1=C(c1ccccc1)c1ccccc1. The van der Waals surface area contributed by atoms with Gasteiger partial charge in [-0.3, -0.25) is 0 Å². The van der Waals surface area contributed by atoms with E-state index in [0.717, 1.165) is 44.5 Å². The third-order valence-corrected chi connectivity index (χ3v) is 5.97. The number of nitrogens with zero attached hydrogens (tertiary/aromatic N) is 2. The van der Waals surface area contributed by atoms with Crippen LogP contribution >= 0.6 is 0 Å². The zero-order valence-electron chi connectivity index (χ0n) is 18.4. The highest BCUT2D eigenvalue weighted by Crippen LogP contribution is 2.50. The Kier molecular flexibility index (Phi) is 5.73. The molecule has 0 heterocycles. The number of allylic oxidation sites excluding steroid dienone is 4. The van der Waals surface area contributed by atoms with Crippen molar-refractivity contribution >= 4 is 11.1 Å². The van der Waals surface area contributed by atoms with Crippen LogP contribution < -0.4 is 0 Å². The second-order valence-electron chi connectivity index (χ2n) is 7.94. The number of rotatable bonds is 4. The lowest BCUT2D eigenvalue weighted by atomic mass is 9.69. The lowest BCUT2D eigenvalue weighted by molar-refractivity contribution is 1.25. The molecule has 0 bridgehead atoms. The monoisotopic (exact) mass is 432 g/mol. The molecule has 158 valence electrons. The van der Waals surface area contributed by atoms with Crippen molar-refractivity contribution in [2.24, 2.45) is 0 Å². The number of hydrogen-bond acceptors (Lipinski definition) is 2. The van der Waals surface area contributed by atoms with E-state index in [9.17, 15) is 10.5 Å². The Morgan fingerprint density at radius 1 is 0.382 bits per heavy atom. The van der Waals surface area contributed by atoms with Gasteiger partial charge < -0.3 is 0 Å². The van der Waals surface area contributed by atoms with E-state index < -0.39 is 0 Å². The van der Waals surface area contributed by atoms with Crippen LogP contribution in [0.25, 0.3) is 11.1 Å². The summed E-state index contributed by atoms with van der Waals surface area (Å²) in [6, 6.07) is 45.0. The fourth-order valence-corrected chi connectivity index (χ4v) is 4.49. The van der Waals surface area contributed by atoms with Crippen molar-refractivity contribution in [2.75, 3.05) is 0 Å². The highest BCUT2D eigenvalue weighted by molar-refractivity contribution is 6.03. The smallest absolute Gasteiger partial charge is 0.101 e. The Labute approximate surface area is 199 Å². The standard InChI is InChI=1S/C32H20N2/c33-21-27-28(22-34)32(30(25-17-9-3-10-18-25)26-19-11-4-12-20-26)31(27)29(23-13-5-1-6-14-23)24-15-7-2-8-16-24/h1-20H. The quantitative estimate of drug-likeness (QED) is 0.338. The van der Waals surface area contributed by atoms with Crippen molar-refractivity contribution < 1.29 is 0 Å². The molecule has 0 amide bonds. The van der Waals surface area contributed by atoms with E-state index in [-0.39, 0.29) is 0 Å². The maximum atomic E-state index is 10.1. The maximum Gasteiger partial charge on any atom is 0.101 e. The number of nitriles is 2. The van der Waals surface area contributed by atoms with Crippen LogP contribution in [0.4, 0.5) is 0 Å². The summed E-state index contributed by atoms with van der Waals surface area (Å²) < 4.78 is 0. The second kappa shape index (κ2) is 9.29. The van der Waals surface area contributed by atoms with Gasteiger partial charge in [0.15, 0.2) is 0 Å². The molecule has 5 rings (SSSR count). The lowest BCUT2D eigenvalue weighted by Gasteiger charge is -2.30. The zero-order chi connectivity index (χ0) is 23.3. The van der Waals surface area contributed by atoms with Gasteiger partial charge in [-0.05, 0) is 33.4 Å². The molecule has 0 radical (unpaired) electrons. The summed E-state index contributed by atoms with van der Waals surface area (Å²) in [5.74, 6) is 0. The topological polar surface area (TPSA) is 47.6 Å². The summed E-state index contributed by atoms with van der Waals surface area (Å²) >= 11 is 0. The van der Waals surface area contributed by atoms with Crippen molar-refractivity contribution in [1.82, 2.24) is 0 Å². The maximum absolute atomic E-state index is 10.1. The summed E-state index contributed by atoms with van der Waals surface area (Å²) in [5.41, 5.74) is 8.44. The predicted molar refractivity (Wildman–Crippen MR) is 136 cm³/mol. The first-order valence-electron chi connectivity index (χ1n) is 11.1. The predicted octanol–water partition coefficient (Wildman–Crippen LogP) is 7.35. The van der Waals surface area contributed by atoms with Gasteiger partial charge in [0.05, 0.1) is 11.1 Å². The molecule has 4 aromatic rings. The molecule has 0 fully saturated rings. The van der Waals surface area contributed by atoms with E-state index in [4.69, 9.17) is 0 Å². The summed E-state index contributed by atoms with van der Waals surface area (Å²) in [5, 5.41) is 20.3. The Hall–Kier alpha value is -4.92. The van der Waals surface area contributed by atoms with Crippen molar-refractivity contribution in [3.05, 3.63) is 166 Å². The molecule has 0 spiro atoms. The van der Waals surface area contributed by atoms with E-state index in [0.29, 0.717) is 11.1 Å². The highest BCUT2D eigenvalue weighted by atomic mass is 14.4. The van der Waals surface area contributed by atoms with Gasteiger partial charge in [0, 0.05) is 11.1 Å². The van der Waals surface area contributed by atoms with E-state index in [1.807, 2.05) is 72.8 Å². The average molecular weight is 433 g/mol. The van der Waals surface area contributed by atoms with Crippen LogP contribution in [0.3, 0.4) is 0 Å². The van der Waals surface area contributed by atoms with Crippen LogP contribution in [-0.4, -0.2) is 0 Å². The summed E-state index contributed by atoms with van der Waals surface area (Å²) in [6.07, 6.45) is 0. The van der Waals surface area contributed by atoms with Gasteiger partial charge in [0.25, 0.3) is 0 Å². The molecule has 0 saturated heterocycles. The van der Waals surface area contributed by atoms with Gasteiger partial charge in [0.1, 0.15) is 12.1 Å². The van der Waals surface area contributed by atoms with Crippen molar-refractivity contribution in [3.8, 4) is 12.1 Å². The minimum atomic E-state index is 0.435. The molecule has 0 unspecified atom stereocenters. The lowest BCUT2D eigenvalue weighted by Crippen LogP contribution is -2.16. The summed E-state index contributed by atoms with van der Waals surface area (Å²) in [6.45, 7) is 0. The molecular weight excluding hydrogens is 412 g/mol. The third kappa shape index (κ3) is 3.65. The second-order valence-corrected chi connectivity index (χ2v) is 7.94. The number of benzene rings is 4. The first-order chi connectivity index (χ1) is 16.8. The van der Waals surface area contributed by atoms with Crippen molar-refractivity contribution in [1.29, 1.82) is 10.5 Å². The van der Waals surface area contributed by atoms with E-state index >= 15 is 0 Å². The van der Waals surface area contributed by atoms with Crippen LogP contribution in [0.5, 0.6) is 0 Å². The van der Waals surface area contributed by atoms with Crippen LogP contribution in [-0.2, 0) is 0 Å². The summed E-state index contributed by atoms with van der Waals surface area (Å²) in [7, 11) is 0. The Morgan fingerprint density at radius 2 is 0.618 bits per heavy atom. The zero-order valence-corrected chi connectivity index (χ0v) is 18.4. The molecular formula is C32H20N2. The largest absolute Gasteiger partial charge is 0.192 e.